The summed E-state index contributed by atoms with van der Waals surface area (Å²) in [4.78, 5) is 41.7. The Bertz CT molecular complexity index is 955. The maximum absolute atomic E-state index is 12.9. The van der Waals surface area contributed by atoms with E-state index >= 15 is 0 Å². The summed E-state index contributed by atoms with van der Waals surface area (Å²) in [6.45, 7) is 3.80. The highest BCUT2D eigenvalue weighted by Gasteiger charge is 2.37. The molecule has 2 aliphatic rings. The first-order chi connectivity index (χ1) is 16.0. The molecule has 2 saturated heterocycles. The van der Waals surface area contributed by atoms with Crippen molar-refractivity contribution in [2.24, 2.45) is 5.92 Å². The average molecular weight is 448 g/mol. The van der Waals surface area contributed by atoms with Gasteiger partial charge < -0.3 is 15.1 Å². The summed E-state index contributed by atoms with van der Waals surface area (Å²) in [7, 11) is 0. The molecular weight excluding hydrogens is 414 g/mol. The third-order valence-electron chi connectivity index (χ3n) is 6.94. The molecule has 0 bridgehead atoms. The fourth-order valence-electron chi connectivity index (χ4n) is 4.84. The van der Waals surface area contributed by atoms with Crippen LogP contribution in [0.1, 0.15) is 49.8 Å². The smallest absolute Gasteiger partial charge is 0.225 e. The molecular formula is C27H33N3O3. The number of hydrogen-bond donors (Lipinski definition) is 1. The molecule has 3 amide bonds. The third kappa shape index (κ3) is 5.81. The van der Waals surface area contributed by atoms with Crippen LogP contribution in [0.25, 0.3) is 0 Å². The summed E-state index contributed by atoms with van der Waals surface area (Å²) in [5, 5.41) is 3.14. The van der Waals surface area contributed by atoms with E-state index < -0.39 is 0 Å². The van der Waals surface area contributed by atoms with Crippen LogP contribution in [0, 0.1) is 5.92 Å². The van der Waals surface area contributed by atoms with Gasteiger partial charge in [0, 0.05) is 38.5 Å². The number of carbonyl (C=O) groups excluding carboxylic acids is 3. The molecule has 2 aromatic rings. The second-order valence-corrected chi connectivity index (χ2v) is 9.18. The Balaban J connectivity index is 1.21. The van der Waals surface area contributed by atoms with Gasteiger partial charge in [0.2, 0.25) is 17.7 Å². The minimum Gasteiger partial charge on any atom is -0.353 e. The van der Waals surface area contributed by atoms with E-state index in [1.807, 2.05) is 77.4 Å². The second kappa shape index (κ2) is 10.6. The fraction of sp³-hybridized carbons (Fsp3) is 0.444. The maximum Gasteiger partial charge on any atom is 0.225 e. The molecule has 2 aromatic carbocycles. The topological polar surface area (TPSA) is 69.7 Å². The van der Waals surface area contributed by atoms with Gasteiger partial charge in [0.15, 0.2) is 0 Å². The molecule has 174 valence electrons. The molecule has 1 N–H and O–H groups in total. The highest BCUT2D eigenvalue weighted by Crippen LogP contribution is 2.28. The molecule has 6 heteroatoms. The van der Waals surface area contributed by atoms with E-state index in [0.717, 1.165) is 24.8 Å². The van der Waals surface area contributed by atoms with Gasteiger partial charge in [0.25, 0.3) is 0 Å². The summed E-state index contributed by atoms with van der Waals surface area (Å²) in [6.07, 6.45) is 3.05. The summed E-state index contributed by atoms with van der Waals surface area (Å²) >= 11 is 0. The van der Waals surface area contributed by atoms with Crippen molar-refractivity contribution in [2.45, 2.75) is 51.1 Å². The lowest BCUT2D eigenvalue weighted by atomic mass is 10.0. The van der Waals surface area contributed by atoms with Gasteiger partial charge in [0.1, 0.15) is 0 Å². The van der Waals surface area contributed by atoms with E-state index in [2.05, 4.69) is 5.32 Å². The predicted octanol–water partition coefficient (Wildman–Crippen LogP) is 3.34. The van der Waals surface area contributed by atoms with Crippen molar-refractivity contribution >= 4 is 17.7 Å². The van der Waals surface area contributed by atoms with Gasteiger partial charge in [-0.3, -0.25) is 14.4 Å². The van der Waals surface area contributed by atoms with Gasteiger partial charge in [-0.05, 0) is 37.3 Å². The Labute approximate surface area is 196 Å². The molecule has 2 atom stereocenters. The van der Waals surface area contributed by atoms with Crippen molar-refractivity contribution in [3.63, 3.8) is 0 Å². The van der Waals surface area contributed by atoms with Crippen LogP contribution in [0.3, 0.4) is 0 Å². The first kappa shape index (κ1) is 23.0. The zero-order valence-corrected chi connectivity index (χ0v) is 19.3. The van der Waals surface area contributed by atoms with Gasteiger partial charge in [-0.2, -0.15) is 0 Å². The summed E-state index contributed by atoms with van der Waals surface area (Å²) in [5.74, 6) is -0.143. The zero-order chi connectivity index (χ0) is 23.2. The number of hydrogen-bond acceptors (Lipinski definition) is 3. The highest BCUT2D eigenvalue weighted by atomic mass is 16.2. The van der Waals surface area contributed by atoms with Crippen LogP contribution in [0.2, 0.25) is 0 Å². The standard InChI is InChI=1S/C27H33N3O3/c1-20(22-10-6-3-7-11-22)30-19-23(18-26(30)32)27(33)28-24-14-16-29(17-15-24)25(31)13-12-21-8-4-2-5-9-21/h2-11,20,23-24H,12-19H2,1H3,(H,28,33). The van der Waals surface area contributed by atoms with Gasteiger partial charge in [0.05, 0.1) is 12.0 Å². The first-order valence-electron chi connectivity index (χ1n) is 12.0. The first-order valence-corrected chi connectivity index (χ1v) is 12.0. The lowest BCUT2D eigenvalue weighted by Crippen LogP contribution is -2.48. The van der Waals surface area contributed by atoms with Gasteiger partial charge >= 0.3 is 0 Å². The van der Waals surface area contributed by atoms with Crippen LogP contribution >= 0.6 is 0 Å². The Morgan fingerprint density at radius 3 is 2.30 bits per heavy atom. The van der Waals surface area contributed by atoms with Gasteiger partial charge in [-0.25, -0.2) is 0 Å². The molecule has 0 radical (unpaired) electrons. The van der Waals surface area contributed by atoms with E-state index in [0.29, 0.717) is 26.1 Å². The lowest BCUT2D eigenvalue weighted by Gasteiger charge is -2.33. The average Bonchev–Trinajstić information content (AvgIpc) is 3.25. The van der Waals surface area contributed by atoms with Crippen molar-refractivity contribution < 1.29 is 14.4 Å². The van der Waals surface area contributed by atoms with Crippen molar-refractivity contribution in [1.29, 1.82) is 0 Å². The van der Waals surface area contributed by atoms with Crippen molar-refractivity contribution in [3.05, 3.63) is 71.8 Å². The minimum atomic E-state index is -0.311. The van der Waals surface area contributed by atoms with Crippen LogP contribution < -0.4 is 5.32 Å². The van der Waals surface area contributed by atoms with E-state index in [1.165, 1.54) is 5.56 Å². The normalized spacial score (nSPS) is 20.0. The number of piperidine rings is 1. The number of benzene rings is 2. The predicted molar refractivity (Wildman–Crippen MR) is 127 cm³/mol. The number of nitrogens with one attached hydrogen (secondary N) is 1. The van der Waals surface area contributed by atoms with Crippen molar-refractivity contribution in [3.8, 4) is 0 Å². The Hall–Kier alpha value is -3.15. The van der Waals surface area contributed by atoms with E-state index in [4.69, 9.17) is 0 Å². The molecule has 4 rings (SSSR count). The van der Waals surface area contributed by atoms with E-state index in [1.54, 1.807) is 0 Å². The van der Waals surface area contributed by atoms with Crippen LogP contribution in [-0.4, -0.2) is 53.2 Å². The maximum atomic E-state index is 12.9. The van der Waals surface area contributed by atoms with Crippen LogP contribution in [0.15, 0.2) is 60.7 Å². The molecule has 0 aliphatic carbocycles. The van der Waals surface area contributed by atoms with Crippen LogP contribution in [0.5, 0.6) is 0 Å². The number of likely N-dealkylation sites (tertiary alicyclic amines) is 2. The quantitative estimate of drug-likeness (QED) is 0.708. The molecule has 6 nitrogen and oxygen atoms in total. The fourth-order valence-corrected chi connectivity index (χ4v) is 4.84. The SMILES string of the molecule is CC(c1ccccc1)N1CC(C(=O)NC2CCN(C(=O)CCc3ccccc3)CC2)CC1=O. The minimum absolute atomic E-state index is 0.0327. The van der Waals surface area contributed by atoms with E-state index in [-0.39, 0.29) is 42.1 Å². The summed E-state index contributed by atoms with van der Waals surface area (Å²) < 4.78 is 0. The molecule has 0 spiro atoms. The highest BCUT2D eigenvalue weighted by molar-refractivity contribution is 5.89. The monoisotopic (exact) mass is 447 g/mol. The second-order valence-electron chi connectivity index (χ2n) is 9.18. The largest absolute Gasteiger partial charge is 0.353 e. The molecule has 2 unspecified atom stereocenters. The molecule has 2 aliphatic heterocycles. The van der Waals surface area contributed by atoms with Gasteiger partial charge in [-0.15, -0.1) is 0 Å². The van der Waals surface area contributed by atoms with Gasteiger partial charge in [-0.1, -0.05) is 60.7 Å². The molecule has 2 fully saturated rings. The van der Waals surface area contributed by atoms with E-state index in [9.17, 15) is 14.4 Å². The summed E-state index contributed by atoms with van der Waals surface area (Å²) in [5.41, 5.74) is 2.26. The third-order valence-corrected chi connectivity index (χ3v) is 6.94. The zero-order valence-electron chi connectivity index (χ0n) is 19.3. The Morgan fingerprint density at radius 1 is 1.00 bits per heavy atom. The number of amides is 3. The number of nitrogens with zero attached hydrogens (tertiary/aromatic N) is 2. The number of rotatable bonds is 7. The van der Waals surface area contributed by atoms with Crippen molar-refractivity contribution in [2.75, 3.05) is 19.6 Å². The van der Waals surface area contributed by atoms with Crippen LogP contribution in [-0.2, 0) is 20.8 Å². The molecule has 2 heterocycles. The van der Waals surface area contributed by atoms with Crippen molar-refractivity contribution in [1.82, 2.24) is 15.1 Å². The Kier molecular flexibility index (Phi) is 7.43. The Morgan fingerprint density at radius 2 is 1.64 bits per heavy atom. The number of aryl methyl sites for hydroxylation is 1. The molecule has 33 heavy (non-hydrogen) atoms. The summed E-state index contributed by atoms with van der Waals surface area (Å²) in [6, 6.07) is 20.0. The molecule has 0 saturated carbocycles. The van der Waals surface area contributed by atoms with Crippen LogP contribution in [0.4, 0.5) is 0 Å². The number of carbonyl (C=O) groups is 3. The molecule has 0 aromatic heterocycles. The lowest BCUT2D eigenvalue weighted by molar-refractivity contribution is -0.133.